The van der Waals surface area contributed by atoms with Crippen LogP contribution < -0.4 is 0 Å². The molecule has 5 heteroatoms. The van der Waals surface area contributed by atoms with E-state index >= 15 is 0 Å². The van der Waals surface area contributed by atoms with E-state index in [4.69, 9.17) is 5.11 Å². The van der Waals surface area contributed by atoms with E-state index in [0.717, 1.165) is 0 Å². The molecule has 1 aromatic heterocycles. The first-order chi connectivity index (χ1) is 5.66. The van der Waals surface area contributed by atoms with Gasteiger partial charge in [-0.3, -0.25) is 9.48 Å². The van der Waals surface area contributed by atoms with Crippen LogP contribution in [0.15, 0.2) is 12.3 Å². The fourth-order valence-corrected chi connectivity index (χ4v) is 0.887. The third-order valence-electron chi connectivity index (χ3n) is 1.44. The van der Waals surface area contributed by atoms with Gasteiger partial charge in [0, 0.05) is 12.7 Å². The van der Waals surface area contributed by atoms with Crippen LogP contribution in [-0.4, -0.2) is 26.6 Å². The van der Waals surface area contributed by atoms with Gasteiger partial charge in [0.1, 0.15) is 5.69 Å². The Kier molecular flexibility index (Phi) is 2.23. The zero-order chi connectivity index (χ0) is 9.14. The zero-order valence-corrected chi connectivity index (χ0v) is 6.52. The second-order valence-electron chi connectivity index (χ2n) is 2.17. The summed E-state index contributed by atoms with van der Waals surface area (Å²) in [5, 5.41) is 12.2. The highest BCUT2D eigenvalue weighted by molar-refractivity contribution is 6.39. The lowest BCUT2D eigenvalue weighted by atomic mass is 10.3. The normalized spacial score (nSPS) is 9.75. The number of rotatable bonds is 3. The van der Waals surface area contributed by atoms with E-state index in [1.807, 2.05) is 0 Å². The molecule has 0 amide bonds. The van der Waals surface area contributed by atoms with Gasteiger partial charge in [0.05, 0.1) is 0 Å². The summed E-state index contributed by atoms with van der Waals surface area (Å²) in [5.74, 6) is -2.38. The van der Waals surface area contributed by atoms with Gasteiger partial charge in [0.15, 0.2) is 0 Å². The highest BCUT2D eigenvalue weighted by Crippen LogP contribution is 1.99. The number of hydrogen-bond acceptors (Lipinski definition) is 3. The monoisotopic (exact) mass is 168 g/mol. The molecule has 12 heavy (non-hydrogen) atoms. The second-order valence-corrected chi connectivity index (χ2v) is 2.17. The number of ketones is 1. The predicted molar refractivity (Wildman–Crippen MR) is 39.9 cm³/mol. The highest BCUT2D eigenvalue weighted by atomic mass is 16.4. The number of aliphatic carboxylic acids is 1. The number of carboxylic acid groups (broad SMARTS) is 1. The number of aromatic nitrogens is 2. The average molecular weight is 168 g/mol. The van der Waals surface area contributed by atoms with Crippen LogP contribution in [0.5, 0.6) is 0 Å². The molecule has 1 N–H and O–H groups in total. The molecule has 0 fully saturated rings. The maximum Gasteiger partial charge on any atom is 0.378 e. The summed E-state index contributed by atoms with van der Waals surface area (Å²) in [6.45, 7) is 2.27. The number of carboxylic acids is 1. The standard InChI is InChI=1S/C7H8N2O3/c1-2-9-5(3-4-8-9)6(10)7(11)12/h3-4H,2H2,1H3,(H,11,12). The Balaban J connectivity index is 3.02. The Hall–Kier alpha value is -1.65. The first-order valence-electron chi connectivity index (χ1n) is 3.46. The molecule has 0 atom stereocenters. The third-order valence-corrected chi connectivity index (χ3v) is 1.44. The summed E-state index contributed by atoms with van der Waals surface area (Å²) in [4.78, 5) is 21.2. The number of carbonyl (C=O) groups excluding carboxylic acids is 1. The molecule has 0 aliphatic rings. The highest BCUT2D eigenvalue weighted by Gasteiger charge is 2.18. The van der Waals surface area contributed by atoms with E-state index in [2.05, 4.69) is 5.10 Å². The fraction of sp³-hybridized carbons (Fsp3) is 0.286. The van der Waals surface area contributed by atoms with Crippen molar-refractivity contribution in [2.24, 2.45) is 0 Å². The minimum atomic E-state index is -1.45. The second kappa shape index (κ2) is 3.17. The van der Waals surface area contributed by atoms with Crippen LogP contribution in [0.2, 0.25) is 0 Å². The van der Waals surface area contributed by atoms with Crippen LogP contribution in [0.4, 0.5) is 0 Å². The van der Waals surface area contributed by atoms with Crippen LogP contribution in [0.1, 0.15) is 17.4 Å². The minimum Gasteiger partial charge on any atom is -0.475 e. The minimum absolute atomic E-state index is 0.116. The van der Waals surface area contributed by atoms with Crippen molar-refractivity contribution in [1.29, 1.82) is 0 Å². The summed E-state index contributed by atoms with van der Waals surface area (Å²) < 4.78 is 1.34. The molecule has 0 spiro atoms. The summed E-state index contributed by atoms with van der Waals surface area (Å²) in [6.07, 6.45) is 1.40. The van der Waals surface area contributed by atoms with Crippen molar-refractivity contribution in [1.82, 2.24) is 9.78 Å². The predicted octanol–water partition coefficient (Wildman–Crippen LogP) is 0.170. The molecule has 0 aliphatic carbocycles. The lowest BCUT2D eigenvalue weighted by molar-refractivity contribution is -0.131. The number of aryl methyl sites for hydroxylation is 1. The molecule has 5 nitrogen and oxygen atoms in total. The number of carbonyl (C=O) groups is 2. The van der Waals surface area contributed by atoms with E-state index in [1.54, 1.807) is 6.92 Å². The van der Waals surface area contributed by atoms with Gasteiger partial charge >= 0.3 is 5.97 Å². The summed E-state index contributed by atoms with van der Waals surface area (Å²) in [7, 11) is 0. The molecule has 1 aromatic rings. The van der Waals surface area contributed by atoms with E-state index in [9.17, 15) is 9.59 Å². The lowest BCUT2D eigenvalue weighted by Gasteiger charge is -1.98. The Morgan fingerprint density at radius 2 is 2.33 bits per heavy atom. The SMILES string of the molecule is CCn1nccc1C(=O)C(=O)O. The van der Waals surface area contributed by atoms with Gasteiger partial charge in [-0.05, 0) is 13.0 Å². The largest absolute Gasteiger partial charge is 0.475 e. The Bertz CT molecular complexity index is 316. The van der Waals surface area contributed by atoms with Crippen molar-refractivity contribution in [3.05, 3.63) is 18.0 Å². The van der Waals surface area contributed by atoms with E-state index in [-0.39, 0.29) is 5.69 Å². The third kappa shape index (κ3) is 1.34. The Morgan fingerprint density at radius 3 is 2.83 bits per heavy atom. The molecule has 1 rings (SSSR count). The van der Waals surface area contributed by atoms with Crippen molar-refractivity contribution in [2.75, 3.05) is 0 Å². The smallest absolute Gasteiger partial charge is 0.378 e. The van der Waals surface area contributed by atoms with E-state index < -0.39 is 11.8 Å². The molecule has 0 bridgehead atoms. The maximum absolute atomic E-state index is 10.9. The first kappa shape index (κ1) is 8.45. The molecule has 1 heterocycles. The lowest BCUT2D eigenvalue weighted by Crippen LogP contribution is -2.17. The van der Waals surface area contributed by atoms with Gasteiger partial charge in [-0.15, -0.1) is 0 Å². The van der Waals surface area contributed by atoms with Gasteiger partial charge in [0.2, 0.25) is 0 Å². The number of Topliss-reactive ketones (excluding diaryl/α,β-unsaturated/α-hetero) is 1. The van der Waals surface area contributed by atoms with Crippen molar-refractivity contribution >= 4 is 11.8 Å². The van der Waals surface area contributed by atoms with Crippen LogP contribution in [0.25, 0.3) is 0 Å². The van der Waals surface area contributed by atoms with Crippen molar-refractivity contribution in [2.45, 2.75) is 13.5 Å². The topological polar surface area (TPSA) is 72.2 Å². The van der Waals surface area contributed by atoms with Crippen LogP contribution >= 0.6 is 0 Å². The van der Waals surface area contributed by atoms with E-state index in [1.165, 1.54) is 16.9 Å². The van der Waals surface area contributed by atoms with Gasteiger partial charge in [-0.25, -0.2) is 4.79 Å². The zero-order valence-electron chi connectivity index (χ0n) is 6.52. The van der Waals surface area contributed by atoms with Crippen molar-refractivity contribution in [3.8, 4) is 0 Å². The molecular formula is C7H8N2O3. The summed E-state index contributed by atoms with van der Waals surface area (Å²) in [5.41, 5.74) is 0.116. The molecular weight excluding hydrogens is 160 g/mol. The van der Waals surface area contributed by atoms with Crippen LogP contribution in [-0.2, 0) is 11.3 Å². The molecule has 0 saturated heterocycles. The molecule has 0 aromatic carbocycles. The van der Waals surface area contributed by atoms with Crippen molar-refractivity contribution in [3.63, 3.8) is 0 Å². The molecule has 0 radical (unpaired) electrons. The maximum atomic E-state index is 10.9. The fourth-order valence-electron chi connectivity index (χ4n) is 0.887. The molecule has 64 valence electrons. The molecule has 0 aliphatic heterocycles. The Labute approximate surface area is 68.6 Å². The van der Waals surface area contributed by atoms with Crippen LogP contribution in [0, 0.1) is 0 Å². The number of nitrogens with zero attached hydrogens (tertiary/aromatic N) is 2. The molecule has 0 saturated carbocycles. The molecule has 0 unspecified atom stereocenters. The number of hydrogen-bond donors (Lipinski definition) is 1. The van der Waals surface area contributed by atoms with E-state index in [0.29, 0.717) is 6.54 Å². The summed E-state index contributed by atoms with van der Waals surface area (Å²) in [6, 6.07) is 1.39. The first-order valence-corrected chi connectivity index (χ1v) is 3.46. The van der Waals surface area contributed by atoms with Gasteiger partial charge < -0.3 is 5.11 Å². The quantitative estimate of drug-likeness (QED) is 0.515. The van der Waals surface area contributed by atoms with Gasteiger partial charge in [-0.2, -0.15) is 5.10 Å². The van der Waals surface area contributed by atoms with Crippen molar-refractivity contribution < 1.29 is 14.7 Å². The van der Waals surface area contributed by atoms with Crippen LogP contribution in [0.3, 0.4) is 0 Å². The average Bonchev–Trinajstić information content (AvgIpc) is 2.49. The summed E-state index contributed by atoms with van der Waals surface area (Å²) >= 11 is 0. The van der Waals surface area contributed by atoms with Gasteiger partial charge in [0.25, 0.3) is 5.78 Å². The van der Waals surface area contributed by atoms with Gasteiger partial charge in [-0.1, -0.05) is 0 Å². The Morgan fingerprint density at radius 1 is 1.67 bits per heavy atom.